The summed E-state index contributed by atoms with van der Waals surface area (Å²) in [6.07, 6.45) is 0. The monoisotopic (exact) mass is 225 g/mol. The van der Waals surface area contributed by atoms with Crippen LogP contribution in [0.2, 0.25) is 10.0 Å². The number of halogens is 2. The molecular weight excluding hydrogens is 221 g/mol. The van der Waals surface area contributed by atoms with Crippen LogP contribution in [0, 0.1) is 11.8 Å². The summed E-state index contributed by atoms with van der Waals surface area (Å²) in [6, 6.07) is 5.08. The Kier molecular flexibility index (Phi) is 4.15. The molecule has 0 N–H and O–H groups in total. The SMILES string of the molecule is [N-]=[N+]=NCC#Cc1ccc(Cl)c(Cl)c1. The third kappa shape index (κ3) is 3.20. The maximum atomic E-state index is 8.00. The lowest BCUT2D eigenvalue weighted by Crippen LogP contribution is -1.76. The van der Waals surface area contributed by atoms with Gasteiger partial charge in [0.25, 0.3) is 0 Å². The van der Waals surface area contributed by atoms with E-state index < -0.39 is 0 Å². The fraction of sp³-hybridized carbons (Fsp3) is 0.111. The Morgan fingerprint density at radius 3 is 2.79 bits per heavy atom. The van der Waals surface area contributed by atoms with Crippen LogP contribution >= 0.6 is 23.2 Å². The molecule has 1 rings (SSSR count). The summed E-state index contributed by atoms with van der Waals surface area (Å²) in [6.45, 7) is 0.150. The fourth-order valence-corrected chi connectivity index (χ4v) is 1.08. The molecule has 0 bridgehead atoms. The van der Waals surface area contributed by atoms with Crippen LogP contribution in [0.4, 0.5) is 0 Å². The van der Waals surface area contributed by atoms with Crippen LogP contribution in [-0.2, 0) is 0 Å². The van der Waals surface area contributed by atoms with Crippen LogP contribution in [0.1, 0.15) is 5.56 Å². The Labute approximate surface area is 91.3 Å². The zero-order valence-corrected chi connectivity index (χ0v) is 8.55. The molecule has 14 heavy (non-hydrogen) atoms. The Bertz CT molecular complexity index is 439. The molecule has 1 aromatic carbocycles. The topological polar surface area (TPSA) is 48.8 Å². The van der Waals surface area contributed by atoms with Crippen LogP contribution in [-0.4, -0.2) is 6.54 Å². The lowest BCUT2D eigenvalue weighted by Gasteiger charge is -1.94. The molecule has 0 atom stereocenters. The number of hydrogen-bond acceptors (Lipinski definition) is 1. The van der Waals surface area contributed by atoms with Gasteiger partial charge < -0.3 is 0 Å². The summed E-state index contributed by atoms with van der Waals surface area (Å²) >= 11 is 11.5. The lowest BCUT2D eigenvalue weighted by atomic mass is 10.2. The second kappa shape index (κ2) is 5.41. The first-order valence-electron chi connectivity index (χ1n) is 3.69. The summed E-state index contributed by atoms with van der Waals surface area (Å²) in [5.74, 6) is 5.47. The second-order valence-corrected chi connectivity index (χ2v) is 3.13. The van der Waals surface area contributed by atoms with Gasteiger partial charge in [-0.1, -0.05) is 40.2 Å². The molecule has 0 radical (unpaired) electrons. The van der Waals surface area contributed by atoms with Crippen molar-refractivity contribution in [3.05, 3.63) is 44.3 Å². The van der Waals surface area contributed by atoms with Gasteiger partial charge in [0, 0.05) is 10.5 Å². The van der Waals surface area contributed by atoms with Crippen molar-refractivity contribution in [2.75, 3.05) is 6.54 Å². The Hall–Kier alpha value is -1.33. The Morgan fingerprint density at radius 1 is 1.36 bits per heavy atom. The van der Waals surface area contributed by atoms with E-state index in [2.05, 4.69) is 21.9 Å². The fourth-order valence-electron chi connectivity index (χ4n) is 0.782. The van der Waals surface area contributed by atoms with Crippen LogP contribution < -0.4 is 0 Å². The van der Waals surface area contributed by atoms with Gasteiger partial charge in [0.1, 0.15) is 0 Å². The molecule has 0 fully saturated rings. The van der Waals surface area contributed by atoms with E-state index in [1.807, 2.05) is 0 Å². The average molecular weight is 226 g/mol. The van der Waals surface area contributed by atoms with Crippen molar-refractivity contribution < 1.29 is 0 Å². The number of azide groups is 1. The highest BCUT2D eigenvalue weighted by molar-refractivity contribution is 6.42. The first kappa shape index (κ1) is 10.7. The van der Waals surface area contributed by atoms with Gasteiger partial charge in [-0.15, -0.1) is 0 Å². The predicted molar refractivity (Wildman–Crippen MR) is 57.4 cm³/mol. The first-order valence-corrected chi connectivity index (χ1v) is 4.44. The van der Waals surface area contributed by atoms with Gasteiger partial charge in [0.2, 0.25) is 0 Å². The summed E-state index contributed by atoms with van der Waals surface area (Å²) < 4.78 is 0. The van der Waals surface area contributed by atoms with E-state index in [0.29, 0.717) is 10.0 Å². The van der Waals surface area contributed by atoms with E-state index in [1.165, 1.54) is 0 Å². The van der Waals surface area contributed by atoms with Gasteiger partial charge in [-0.3, -0.25) is 0 Å². The summed E-state index contributed by atoms with van der Waals surface area (Å²) in [4.78, 5) is 2.57. The highest BCUT2D eigenvalue weighted by Crippen LogP contribution is 2.21. The molecule has 70 valence electrons. The second-order valence-electron chi connectivity index (χ2n) is 2.32. The van der Waals surface area contributed by atoms with E-state index in [1.54, 1.807) is 18.2 Å². The normalized spacial score (nSPS) is 8.43. The smallest absolute Gasteiger partial charge is 0.0880 e. The quantitative estimate of drug-likeness (QED) is 0.303. The van der Waals surface area contributed by atoms with Gasteiger partial charge in [-0.2, -0.15) is 0 Å². The van der Waals surface area contributed by atoms with Gasteiger partial charge in [0.15, 0.2) is 0 Å². The third-order valence-electron chi connectivity index (χ3n) is 1.37. The van der Waals surface area contributed by atoms with E-state index in [0.717, 1.165) is 5.56 Å². The van der Waals surface area contributed by atoms with Crippen molar-refractivity contribution >= 4 is 23.2 Å². The highest BCUT2D eigenvalue weighted by Gasteiger charge is 1.95. The van der Waals surface area contributed by atoms with Gasteiger partial charge >= 0.3 is 0 Å². The Balaban J connectivity index is 2.80. The minimum absolute atomic E-state index is 0.150. The molecule has 0 amide bonds. The summed E-state index contributed by atoms with van der Waals surface area (Å²) in [7, 11) is 0. The molecule has 1 aromatic rings. The van der Waals surface area contributed by atoms with Crippen molar-refractivity contribution in [1.29, 1.82) is 0 Å². The van der Waals surface area contributed by atoms with E-state index in [4.69, 9.17) is 28.7 Å². The van der Waals surface area contributed by atoms with Crippen LogP contribution in [0.5, 0.6) is 0 Å². The minimum atomic E-state index is 0.150. The zero-order chi connectivity index (χ0) is 10.4. The van der Waals surface area contributed by atoms with Crippen molar-refractivity contribution in [2.45, 2.75) is 0 Å². The van der Waals surface area contributed by atoms with Crippen LogP contribution in [0.15, 0.2) is 23.3 Å². The van der Waals surface area contributed by atoms with E-state index in [9.17, 15) is 0 Å². The van der Waals surface area contributed by atoms with Gasteiger partial charge in [0.05, 0.1) is 16.6 Å². The molecule has 0 aliphatic carbocycles. The van der Waals surface area contributed by atoms with Crippen LogP contribution in [0.25, 0.3) is 10.4 Å². The number of hydrogen-bond donors (Lipinski definition) is 0. The highest BCUT2D eigenvalue weighted by atomic mass is 35.5. The van der Waals surface area contributed by atoms with Crippen LogP contribution in [0.3, 0.4) is 0 Å². The zero-order valence-electron chi connectivity index (χ0n) is 7.04. The molecule has 0 heterocycles. The maximum Gasteiger partial charge on any atom is 0.0880 e. The van der Waals surface area contributed by atoms with Crippen molar-refractivity contribution in [3.8, 4) is 11.8 Å². The maximum absolute atomic E-state index is 8.00. The van der Waals surface area contributed by atoms with E-state index in [-0.39, 0.29) is 6.54 Å². The first-order chi connectivity index (χ1) is 6.74. The largest absolute Gasteiger partial charge is 0.0919 e. The Morgan fingerprint density at radius 2 is 2.14 bits per heavy atom. The molecule has 5 heteroatoms. The lowest BCUT2D eigenvalue weighted by molar-refractivity contribution is 1.25. The van der Waals surface area contributed by atoms with Crippen molar-refractivity contribution in [3.63, 3.8) is 0 Å². The molecule has 0 spiro atoms. The standard InChI is InChI=1S/C9H5Cl2N3/c10-8-4-3-7(6-9(8)11)2-1-5-13-14-12/h3-4,6H,5H2. The van der Waals surface area contributed by atoms with E-state index >= 15 is 0 Å². The minimum Gasteiger partial charge on any atom is -0.0919 e. The molecule has 0 aliphatic heterocycles. The summed E-state index contributed by atoms with van der Waals surface area (Å²) in [5, 5.41) is 4.23. The van der Waals surface area contributed by atoms with Crippen molar-refractivity contribution in [2.24, 2.45) is 5.11 Å². The van der Waals surface area contributed by atoms with Crippen molar-refractivity contribution in [1.82, 2.24) is 0 Å². The summed E-state index contributed by atoms with van der Waals surface area (Å²) in [5.41, 5.74) is 8.74. The molecule has 3 nitrogen and oxygen atoms in total. The number of nitrogens with zero attached hydrogens (tertiary/aromatic N) is 3. The molecule has 0 saturated carbocycles. The molecular formula is C9H5Cl2N3. The van der Waals surface area contributed by atoms with Gasteiger partial charge in [-0.05, 0) is 23.7 Å². The average Bonchev–Trinajstić information content (AvgIpc) is 2.18. The third-order valence-corrected chi connectivity index (χ3v) is 2.10. The number of benzene rings is 1. The number of rotatable bonds is 1. The molecule has 0 aromatic heterocycles. The molecule has 0 saturated heterocycles. The predicted octanol–water partition coefficient (Wildman–Crippen LogP) is 3.66. The van der Waals surface area contributed by atoms with Gasteiger partial charge in [-0.25, -0.2) is 0 Å². The molecule has 0 aliphatic rings. The molecule has 0 unspecified atom stereocenters.